The van der Waals surface area contributed by atoms with Gasteiger partial charge < -0.3 is 14.8 Å². The van der Waals surface area contributed by atoms with Crippen molar-refractivity contribution in [3.63, 3.8) is 0 Å². The Bertz CT molecular complexity index is 1050. The fourth-order valence-corrected chi connectivity index (χ4v) is 5.32. The van der Waals surface area contributed by atoms with Crippen molar-refractivity contribution in [2.75, 3.05) is 44.2 Å². The molecule has 1 aromatic heterocycles. The molecular formula is C27H34N4O. The number of anilines is 1. The van der Waals surface area contributed by atoms with Gasteiger partial charge in [0.05, 0.1) is 5.56 Å². The number of aromatic nitrogens is 1. The van der Waals surface area contributed by atoms with Crippen LogP contribution in [-0.2, 0) is 13.0 Å². The number of fused-ring (bicyclic) bond motifs is 3. The molecular weight excluding hydrogens is 396 g/mol. The zero-order chi connectivity index (χ0) is 21.8. The van der Waals surface area contributed by atoms with Crippen molar-refractivity contribution in [1.29, 1.82) is 0 Å². The number of nitrogens with one attached hydrogen (secondary N) is 1. The Morgan fingerprint density at radius 1 is 0.812 bits per heavy atom. The van der Waals surface area contributed by atoms with Crippen LogP contribution in [0.15, 0.2) is 54.6 Å². The van der Waals surface area contributed by atoms with Crippen LogP contribution in [0.1, 0.15) is 41.7 Å². The number of aryl methyl sites for hydroxylation is 1. The summed E-state index contributed by atoms with van der Waals surface area (Å²) in [5.41, 5.74) is 4.71. The predicted molar refractivity (Wildman–Crippen MR) is 132 cm³/mol. The number of benzene rings is 2. The summed E-state index contributed by atoms with van der Waals surface area (Å²) in [7, 11) is 0. The molecule has 3 heterocycles. The molecule has 1 amide bonds. The summed E-state index contributed by atoms with van der Waals surface area (Å²) in [6.45, 7) is 7.51. The van der Waals surface area contributed by atoms with Crippen LogP contribution in [0.5, 0.6) is 0 Å². The molecule has 1 N–H and O–H groups in total. The molecule has 5 rings (SSSR count). The van der Waals surface area contributed by atoms with E-state index >= 15 is 0 Å². The molecule has 32 heavy (non-hydrogen) atoms. The van der Waals surface area contributed by atoms with Gasteiger partial charge in [0.1, 0.15) is 0 Å². The summed E-state index contributed by atoms with van der Waals surface area (Å²) in [5, 5.41) is 4.18. The van der Waals surface area contributed by atoms with Gasteiger partial charge in [0.15, 0.2) is 0 Å². The highest BCUT2D eigenvalue weighted by Crippen LogP contribution is 2.29. The minimum absolute atomic E-state index is 0.0992. The van der Waals surface area contributed by atoms with Crippen LogP contribution in [0.3, 0.4) is 0 Å². The zero-order valence-corrected chi connectivity index (χ0v) is 18.9. The SMILES string of the molecule is O=C1NCCCc2c1c1ccccc1n2CCCCCN1CCN(c2ccccc2)CC1. The van der Waals surface area contributed by atoms with Crippen molar-refractivity contribution in [3.8, 4) is 0 Å². The fourth-order valence-electron chi connectivity index (χ4n) is 5.32. The Balaban J connectivity index is 1.13. The fraction of sp³-hybridized carbons (Fsp3) is 0.444. The average molecular weight is 431 g/mol. The second-order valence-corrected chi connectivity index (χ2v) is 9.07. The van der Waals surface area contributed by atoms with Crippen molar-refractivity contribution in [3.05, 3.63) is 65.9 Å². The van der Waals surface area contributed by atoms with Crippen molar-refractivity contribution in [1.82, 2.24) is 14.8 Å². The quantitative estimate of drug-likeness (QED) is 0.568. The minimum Gasteiger partial charge on any atom is -0.369 e. The number of para-hydroxylation sites is 2. The molecule has 5 nitrogen and oxygen atoms in total. The molecule has 0 bridgehead atoms. The van der Waals surface area contributed by atoms with Crippen LogP contribution in [0.4, 0.5) is 5.69 Å². The van der Waals surface area contributed by atoms with Crippen molar-refractivity contribution in [2.45, 2.75) is 38.6 Å². The zero-order valence-electron chi connectivity index (χ0n) is 18.9. The summed E-state index contributed by atoms with van der Waals surface area (Å²) in [6, 6.07) is 19.2. The highest BCUT2D eigenvalue weighted by molar-refractivity contribution is 6.08. The monoisotopic (exact) mass is 430 g/mol. The van der Waals surface area contributed by atoms with Crippen molar-refractivity contribution in [2.24, 2.45) is 0 Å². The highest BCUT2D eigenvalue weighted by Gasteiger charge is 2.24. The number of nitrogens with zero attached hydrogens (tertiary/aromatic N) is 3. The van der Waals surface area contributed by atoms with E-state index < -0.39 is 0 Å². The number of hydrogen-bond acceptors (Lipinski definition) is 3. The molecule has 0 radical (unpaired) electrons. The first-order valence-electron chi connectivity index (χ1n) is 12.2. The van der Waals surface area contributed by atoms with E-state index in [2.05, 4.69) is 68.2 Å². The molecule has 0 saturated carbocycles. The third kappa shape index (κ3) is 4.40. The summed E-state index contributed by atoms with van der Waals surface area (Å²) >= 11 is 0. The van der Waals surface area contributed by atoms with Gasteiger partial charge in [-0.15, -0.1) is 0 Å². The second kappa shape index (κ2) is 9.78. The van der Waals surface area contributed by atoms with Crippen LogP contribution in [0.2, 0.25) is 0 Å². The number of unbranched alkanes of at least 4 members (excludes halogenated alkanes) is 2. The van der Waals surface area contributed by atoms with Crippen LogP contribution in [0, 0.1) is 0 Å². The van der Waals surface area contributed by atoms with Gasteiger partial charge in [-0.2, -0.15) is 0 Å². The first kappa shape index (κ1) is 21.1. The van der Waals surface area contributed by atoms with E-state index in [1.165, 1.54) is 36.3 Å². The third-order valence-electron chi connectivity index (χ3n) is 7.03. The maximum atomic E-state index is 12.7. The molecule has 2 aliphatic heterocycles. The summed E-state index contributed by atoms with van der Waals surface area (Å²) in [5.74, 6) is 0.0992. The Morgan fingerprint density at radius 3 is 2.41 bits per heavy atom. The normalized spacial score (nSPS) is 17.2. The lowest BCUT2D eigenvalue weighted by Gasteiger charge is -2.36. The van der Waals surface area contributed by atoms with Gasteiger partial charge in [-0.25, -0.2) is 0 Å². The van der Waals surface area contributed by atoms with E-state index in [-0.39, 0.29) is 5.91 Å². The lowest BCUT2D eigenvalue weighted by atomic mass is 10.1. The molecule has 0 atom stereocenters. The summed E-state index contributed by atoms with van der Waals surface area (Å²) < 4.78 is 2.42. The van der Waals surface area contributed by atoms with Crippen LogP contribution >= 0.6 is 0 Å². The van der Waals surface area contributed by atoms with Gasteiger partial charge in [0, 0.05) is 61.6 Å². The smallest absolute Gasteiger partial charge is 0.253 e. The van der Waals surface area contributed by atoms with E-state index in [1.54, 1.807) is 0 Å². The lowest BCUT2D eigenvalue weighted by Crippen LogP contribution is -2.46. The molecule has 0 spiro atoms. The number of carbonyl (C=O) groups is 1. The maximum Gasteiger partial charge on any atom is 0.253 e. The molecule has 2 aliphatic rings. The van der Waals surface area contributed by atoms with Gasteiger partial charge in [0.25, 0.3) is 5.91 Å². The van der Waals surface area contributed by atoms with Crippen LogP contribution < -0.4 is 10.2 Å². The lowest BCUT2D eigenvalue weighted by molar-refractivity contribution is 0.0957. The van der Waals surface area contributed by atoms with Crippen molar-refractivity contribution < 1.29 is 4.79 Å². The molecule has 3 aromatic rings. The maximum absolute atomic E-state index is 12.7. The summed E-state index contributed by atoms with van der Waals surface area (Å²) in [6.07, 6.45) is 5.63. The number of rotatable bonds is 7. The van der Waals surface area contributed by atoms with Crippen molar-refractivity contribution >= 4 is 22.5 Å². The van der Waals surface area contributed by atoms with Gasteiger partial charge in [-0.1, -0.05) is 42.8 Å². The third-order valence-corrected chi connectivity index (χ3v) is 7.03. The Morgan fingerprint density at radius 2 is 1.56 bits per heavy atom. The Kier molecular flexibility index (Phi) is 6.44. The number of hydrogen-bond donors (Lipinski definition) is 1. The van der Waals surface area contributed by atoms with E-state index in [0.717, 1.165) is 69.5 Å². The van der Waals surface area contributed by atoms with Gasteiger partial charge in [-0.05, 0) is 50.4 Å². The molecule has 168 valence electrons. The molecule has 0 unspecified atom stereocenters. The van der Waals surface area contributed by atoms with Crippen LogP contribution in [-0.4, -0.2) is 54.6 Å². The van der Waals surface area contributed by atoms with Gasteiger partial charge in [0.2, 0.25) is 0 Å². The number of amides is 1. The average Bonchev–Trinajstić information content (AvgIpc) is 3.02. The van der Waals surface area contributed by atoms with E-state index in [1.807, 2.05) is 6.07 Å². The van der Waals surface area contributed by atoms with E-state index in [9.17, 15) is 4.79 Å². The number of piperazine rings is 1. The first-order valence-corrected chi connectivity index (χ1v) is 12.2. The second-order valence-electron chi connectivity index (χ2n) is 9.07. The molecule has 0 aliphatic carbocycles. The largest absolute Gasteiger partial charge is 0.369 e. The minimum atomic E-state index is 0.0992. The van der Waals surface area contributed by atoms with Gasteiger partial charge >= 0.3 is 0 Å². The standard InChI is InChI=1S/C27H34N4O/c32-27-26-23-12-5-6-13-24(23)31(25(26)14-9-15-28-27)17-8-2-7-16-29-18-20-30(21-19-29)22-10-3-1-4-11-22/h1,3-6,10-13H,2,7-9,14-21H2,(H,28,32). The predicted octanol–water partition coefficient (Wildman–Crippen LogP) is 4.31. The molecule has 1 saturated heterocycles. The topological polar surface area (TPSA) is 40.5 Å². The number of carbonyl (C=O) groups excluding carboxylic acids is 1. The Labute approximate surface area is 191 Å². The highest BCUT2D eigenvalue weighted by atomic mass is 16.1. The van der Waals surface area contributed by atoms with E-state index in [0.29, 0.717) is 0 Å². The van der Waals surface area contributed by atoms with E-state index in [4.69, 9.17) is 0 Å². The summed E-state index contributed by atoms with van der Waals surface area (Å²) in [4.78, 5) is 17.8. The molecule has 5 heteroatoms. The van der Waals surface area contributed by atoms with Gasteiger partial charge in [-0.3, -0.25) is 9.69 Å². The van der Waals surface area contributed by atoms with Crippen LogP contribution in [0.25, 0.3) is 10.9 Å². The molecule has 1 fully saturated rings. The Hall–Kier alpha value is -2.79. The molecule has 2 aromatic carbocycles. The first-order chi connectivity index (χ1) is 15.8.